The molecule has 6 nitrogen and oxygen atoms in total. The minimum Gasteiger partial charge on any atom is -0.467 e. The van der Waals surface area contributed by atoms with E-state index in [2.05, 4.69) is 9.97 Å². The van der Waals surface area contributed by atoms with E-state index in [-0.39, 0.29) is 24.0 Å². The largest absolute Gasteiger partial charge is 0.467 e. The maximum absolute atomic E-state index is 12.5. The molecule has 2 rings (SSSR count). The Balaban J connectivity index is 2.16. The molecule has 104 valence electrons. The summed E-state index contributed by atoms with van der Waals surface area (Å²) in [5.41, 5.74) is 6.45. The number of likely N-dealkylation sites (tertiary alicyclic amines) is 1. The van der Waals surface area contributed by atoms with E-state index in [1.165, 1.54) is 19.5 Å². The number of nitrogens with two attached hydrogens (primary N) is 1. The van der Waals surface area contributed by atoms with Crippen LogP contribution in [0.1, 0.15) is 36.5 Å². The second kappa shape index (κ2) is 5.97. The highest BCUT2D eigenvalue weighted by Gasteiger charge is 2.30. The average Bonchev–Trinajstić information content (AvgIpc) is 2.46. The van der Waals surface area contributed by atoms with Crippen molar-refractivity contribution >= 4 is 5.91 Å². The lowest BCUT2D eigenvalue weighted by atomic mass is 9.96. The number of carbonyl (C=O) groups is 1. The number of aromatic nitrogens is 2. The summed E-state index contributed by atoms with van der Waals surface area (Å²) in [6, 6.07) is 0.339. The van der Waals surface area contributed by atoms with Gasteiger partial charge in [0, 0.05) is 31.0 Å². The summed E-state index contributed by atoms with van der Waals surface area (Å²) in [5, 5.41) is 0. The topological polar surface area (TPSA) is 81.3 Å². The summed E-state index contributed by atoms with van der Waals surface area (Å²) in [5.74, 6) is -0.0512. The van der Waals surface area contributed by atoms with Gasteiger partial charge in [-0.1, -0.05) is 0 Å². The molecule has 0 bridgehead atoms. The zero-order chi connectivity index (χ0) is 13.8. The van der Waals surface area contributed by atoms with Gasteiger partial charge in [0.2, 0.25) is 0 Å². The van der Waals surface area contributed by atoms with Crippen LogP contribution >= 0.6 is 0 Å². The fourth-order valence-electron chi connectivity index (χ4n) is 2.45. The molecule has 0 saturated carbocycles. The average molecular weight is 264 g/mol. The minimum absolute atomic E-state index is 0.0246. The molecule has 2 unspecified atom stereocenters. The monoisotopic (exact) mass is 264 g/mol. The minimum atomic E-state index is -0.0512. The standard InChI is InChI=1S/C13H20N4O2/c1-9(14)11-5-3-4-6-17(11)12(18)10-7-15-13(19-2)16-8-10/h7-9,11H,3-6,14H2,1-2H3. The van der Waals surface area contributed by atoms with Crippen molar-refractivity contribution in [2.45, 2.75) is 38.3 Å². The number of nitrogens with zero attached hydrogens (tertiary/aromatic N) is 3. The Morgan fingerprint density at radius 1 is 1.47 bits per heavy atom. The van der Waals surface area contributed by atoms with Gasteiger partial charge in [0.15, 0.2) is 0 Å². The van der Waals surface area contributed by atoms with Crippen molar-refractivity contribution in [2.24, 2.45) is 5.73 Å². The van der Waals surface area contributed by atoms with Gasteiger partial charge in [0.1, 0.15) is 0 Å². The zero-order valence-electron chi connectivity index (χ0n) is 11.4. The smallest absolute Gasteiger partial charge is 0.316 e. The Hall–Kier alpha value is -1.69. The Morgan fingerprint density at radius 2 is 2.16 bits per heavy atom. The summed E-state index contributed by atoms with van der Waals surface area (Å²) in [6.45, 7) is 2.69. The maximum atomic E-state index is 12.5. The van der Waals surface area contributed by atoms with E-state index in [9.17, 15) is 4.79 Å². The van der Waals surface area contributed by atoms with Crippen molar-refractivity contribution in [1.29, 1.82) is 0 Å². The van der Waals surface area contributed by atoms with Gasteiger partial charge in [-0.25, -0.2) is 9.97 Å². The number of hydrogen-bond donors (Lipinski definition) is 1. The highest BCUT2D eigenvalue weighted by Crippen LogP contribution is 2.21. The maximum Gasteiger partial charge on any atom is 0.316 e. The lowest BCUT2D eigenvalue weighted by Gasteiger charge is -2.38. The molecule has 2 atom stereocenters. The van der Waals surface area contributed by atoms with E-state index in [4.69, 9.17) is 10.5 Å². The summed E-state index contributed by atoms with van der Waals surface area (Å²) in [4.78, 5) is 22.3. The van der Waals surface area contributed by atoms with E-state index < -0.39 is 0 Å². The van der Waals surface area contributed by atoms with Gasteiger partial charge in [0.25, 0.3) is 5.91 Å². The summed E-state index contributed by atoms with van der Waals surface area (Å²) in [6.07, 6.45) is 6.10. The van der Waals surface area contributed by atoms with Gasteiger partial charge in [0.05, 0.1) is 12.7 Å². The second-order valence-electron chi connectivity index (χ2n) is 4.88. The lowest BCUT2D eigenvalue weighted by Crippen LogP contribution is -2.51. The lowest BCUT2D eigenvalue weighted by molar-refractivity contribution is 0.0582. The molecule has 2 heterocycles. The summed E-state index contributed by atoms with van der Waals surface area (Å²) < 4.78 is 4.89. The van der Waals surface area contributed by atoms with Crippen molar-refractivity contribution in [1.82, 2.24) is 14.9 Å². The Labute approximate surface area is 113 Å². The molecule has 1 aromatic heterocycles. The van der Waals surface area contributed by atoms with E-state index in [0.29, 0.717) is 5.56 Å². The van der Waals surface area contributed by atoms with E-state index in [0.717, 1.165) is 25.8 Å². The quantitative estimate of drug-likeness (QED) is 0.874. The predicted octanol–water partition coefficient (Wildman–Crippen LogP) is 0.827. The fourth-order valence-corrected chi connectivity index (χ4v) is 2.45. The number of hydrogen-bond acceptors (Lipinski definition) is 5. The summed E-state index contributed by atoms with van der Waals surface area (Å²) >= 11 is 0. The Bertz CT molecular complexity index is 433. The van der Waals surface area contributed by atoms with Gasteiger partial charge in [-0.3, -0.25) is 4.79 Å². The van der Waals surface area contributed by atoms with Crippen LogP contribution in [0.2, 0.25) is 0 Å². The number of ether oxygens (including phenoxy) is 1. The van der Waals surface area contributed by atoms with Crippen molar-refractivity contribution in [2.75, 3.05) is 13.7 Å². The number of amides is 1. The molecule has 19 heavy (non-hydrogen) atoms. The number of methoxy groups -OCH3 is 1. The van der Waals surface area contributed by atoms with Crippen LogP contribution in [0.15, 0.2) is 12.4 Å². The molecule has 1 aromatic rings. The fraction of sp³-hybridized carbons (Fsp3) is 0.615. The molecule has 0 aromatic carbocycles. The molecular weight excluding hydrogens is 244 g/mol. The van der Waals surface area contributed by atoms with Crippen LogP contribution < -0.4 is 10.5 Å². The SMILES string of the molecule is COc1ncc(C(=O)N2CCCCC2C(C)N)cn1. The molecule has 1 aliphatic rings. The molecule has 0 spiro atoms. The second-order valence-corrected chi connectivity index (χ2v) is 4.88. The molecule has 1 aliphatic heterocycles. The predicted molar refractivity (Wildman–Crippen MR) is 70.9 cm³/mol. The van der Waals surface area contributed by atoms with Crippen LogP contribution in [0.3, 0.4) is 0 Å². The molecule has 0 aliphatic carbocycles. The van der Waals surface area contributed by atoms with Gasteiger partial charge >= 0.3 is 6.01 Å². The number of carbonyl (C=O) groups excluding carboxylic acids is 1. The van der Waals surface area contributed by atoms with Gasteiger partial charge in [-0.15, -0.1) is 0 Å². The summed E-state index contributed by atoms with van der Waals surface area (Å²) in [7, 11) is 1.49. The first-order valence-corrected chi connectivity index (χ1v) is 6.56. The van der Waals surface area contributed by atoms with Gasteiger partial charge in [-0.05, 0) is 26.2 Å². The van der Waals surface area contributed by atoms with Crippen LogP contribution in [-0.4, -0.2) is 46.5 Å². The van der Waals surface area contributed by atoms with Crippen molar-refractivity contribution < 1.29 is 9.53 Å². The van der Waals surface area contributed by atoms with Crippen LogP contribution in [0.5, 0.6) is 6.01 Å². The Kier molecular flexibility index (Phi) is 4.31. The van der Waals surface area contributed by atoms with Gasteiger partial charge < -0.3 is 15.4 Å². The van der Waals surface area contributed by atoms with Crippen molar-refractivity contribution in [3.8, 4) is 6.01 Å². The van der Waals surface area contributed by atoms with Crippen LogP contribution in [0, 0.1) is 0 Å². The third kappa shape index (κ3) is 3.01. The Morgan fingerprint density at radius 3 is 2.74 bits per heavy atom. The van der Waals surface area contributed by atoms with Crippen LogP contribution in [0.4, 0.5) is 0 Å². The number of piperidine rings is 1. The van der Waals surface area contributed by atoms with E-state index in [1.807, 2.05) is 11.8 Å². The third-order valence-corrected chi connectivity index (χ3v) is 3.47. The molecule has 1 saturated heterocycles. The first kappa shape index (κ1) is 13.7. The first-order valence-electron chi connectivity index (χ1n) is 6.56. The molecule has 6 heteroatoms. The molecule has 0 radical (unpaired) electrons. The van der Waals surface area contributed by atoms with Crippen LogP contribution in [0.25, 0.3) is 0 Å². The molecule has 1 fully saturated rings. The normalized spacial score (nSPS) is 21.0. The van der Waals surface area contributed by atoms with Crippen molar-refractivity contribution in [3.63, 3.8) is 0 Å². The van der Waals surface area contributed by atoms with E-state index >= 15 is 0 Å². The van der Waals surface area contributed by atoms with E-state index in [1.54, 1.807) is 0 Å². The number of rotatable bonds is 3. The third-order valence-electron chi connectivity index (χ3n) is 3.47. The zero-order valence-corrected chi connectivity index (χ0v) is 11.4. The molecule has 2 N–H and O–H groups in total. The highest BCUT2D eigenvalue weighted by molar-refractivity contribution is 5.94. The van der Waals surface area contributed by atoms with Crippen LogP contribution in [-0.2, 0) is 0 Å². The first-order chi connectivity index (χ1) is 9.13. The highest BCUT2D eigenvalue weighted by atomic mass is 16.5. The molecule has 1 amide bonds. The van der Waals surface area contributed by atoms with Crippen molar-refractivity contribution in [3.05, 3.63) is 18.0 Å². The molecular formula is C13H20N4O2. The van der Waals surface area contributed by atoms with Gasteiger partial charge in [-0.2, -0.15) is 0 Å².